The van der Waals surface area contributed by atoms with Crippen molar-refractivity contribution in [3.63, 3.8) is 0 Å². The van der Waals surface area contributed by atoms with E-state index < -0.39 is 0 Å². The topological polar surface area (TPSA) is 52.6 Å². The van der Waals surface area contributed by atoms with E-state index in [0.717, 1.165) is 32.1 Å². The fraction of sp³-hybridized carbons (Fsp3) is 0.652. The standard InChI is InChI=1S/C23H30O4/c1-13(24)18-12-19-15(11-21(18)26-4)5-6-17-16(19)9-10-23(3)20(17)7-8-22(23)27-14(2)25/h11-12,16-17,20,22H,5-10H2,1-4H3/t16-,17-,20+,22+,23+/m0/s1. The maximum absolute atomic E-state index is 12.1. The molecule has 0 bridgehead atoms. The zero-order valence-corrected chi connectivity index (χ0v) is 16.8. The van der Waals surface area contributed by atoms with Gasteiger partial charge in [0.2, 0.25) is 0 Å². The van der Waals surface area contributed by atoms with Crippen LogP contribution in [-0.4, -0.2) is 25.0 Å². The van der Waals surface area contributed by atoms with Gasteiger partial charge in [-0.2, -0.15) is 0 Å². The molecule has 0 aromatic heterocycles. The number of ether oxygens (including phenoxy) is 2. The smallest absolute Gasteiger partial charge is 0.302 e. The van der Waals surface area contributed by atoms with Crippen LogP contribution in [0.25, 0.3) is 0 Å². The Morgan fingerprint density at radius 1 is 1.11 bits per heavy atom. The first-order valence-corrected chi connectivity index (χ1v) is 10.2. The highest BCUT2D eigenvalue weighted by Gasteiger charge is 2.56. The first-order valence-electron chi connectivity index (χ1n) is 10.2. The number of fused-ring (bicyclic) bond motifs is 5. The van der Waals surface area contributed by atoms with E-state index in [1.807, 2.05) is 0 Å². The minimum Gasteiger partial charge on any atom is -0.496 e. The second-order valence-electron chi connectivity index (χ2n) is 8.94. The molecular weight excluding hydrogens is 340 g/mol. The van der Waals surface area contributed by atoms with E-state index in [1.54, 1.807) is 14.0 Å². The lowest BCUT2D eigenvalue weighted by Gasteiger charge is -2.50. The molecule has 0 spiro atoms. The Morgan fingerprint density at radius 3 is 2.56 bits per heavy atom. The highest BCUT2D eigenvalue weighted by molar-refractivity contribution is 5.97. The number of aryl methyl sites for hydroxylation is 1. The van der Waals surface area contributed by atoms with Gasteiger partial charge in [0, 0.05) is 12.3 Å². The number of esters is 1. The van der Waals surface area contributed by atoms with Crippen molar-refractivity contribution in [1.82, 2.24) is 0 Å². The molecule has 0 radical (unpaired) electrons. The van der Waals surface area contributed by atoms with Gasteiger partial charge in [-0.05, 0) is 86.5 Å². The number of carbonyl (C=O) groups excluding carboxylic acids is 2. The Labute approximate surface area is 161 Å². The average molecular weight is 370 g/mol. The van der Waals surface area contributed by atoms with Crippen LogP contribution in [0.2, 0.25) is 0 Å². The van der Waals surface area contributed by atoms with Crippen molar-refractivity contribution in [3.05, 3.63) is 28.8 Å². The summed E-state index contributed by atoms with van der Waals surface area (Å²) in [5.74, 6) is 2.33. The van der Waals surface area contributed by atoms with Gasteiger partial charge in [0.05, 0.1) is 12.7 Å². The van der Waals surface area contributed by atoms with Gasteiger partial charge in [0.1, 0.15) is 11.9 Å². The maximum Gasteiger partial charge on any atom is 0.302 e. The van der Waals surface area contributed by atoms with E-state index in [2.05, 4.69) is 19.1 Å². The fourth-order valence-electron chi connectivity index (χ4n) is 6.39. The van der Waals surface area contributed by atoms with Gasteiger partial charge in [-0.15, -0.1) is 0 Å². The molecule has 146 valence electrons. The lowest BCUT2D eigenvalue weighted by Crippen LogP contribution is -2.45. The third kappa shape index (κ3) is 2.88. The van der Waals surface area contributed by atoms with Gasteiger partial charge >= 0.3 is 5.97 Å². The third-order valence-corrected chi connectivity index (χ3v) is 7.65. The Kier molecular flexibility index (Phi) is 4.56. The van der Waals surface area contributed by atoms with Crippen LogP contribution in [0.4, 0.5) is 0 Å². The predicted molar refractivity (Wildman–Crippen MR) is 103 cm³/mol. The molecule has 4 nitrogen and oxygen atoms in total. The lowest BCUT2D eigenvalue weighted by molar-refractivity contribution is -0.154. The summed E-state index contributed by atoms with van der Waals surface area (Å²) in [6.45, 7) is 5.47. The molecule has 4 heteroatoms. The van der Waals surface area contributed by atoms with Crippen molar-refractivity contribution < 1.29 is 19.1 Å². The van der Waals surface area contributed by atoms with Gasteiger partial charge in [-0.1, -0.05) is 6.92 Å². The summed E-state index contributed by atoms with van der Waals surface area (Å²) < 4.78 is 11.2. The Balaban J connectivity index is 1.67. The number of hydrogen-bond donors (Lipinski definition) is 0. The van der Waals surface area contributed by atoms with Gasteiger partial charge in [-0.3, -0.25) is 9.59 Å². The van der Waals surface area contributed by atoms with E-state index in [0.29, 0.717) is 29.1 Å². The summed E-state index contributed by atoms with van der Waals surface area (Å²) in [6.07, 6.45) is 6.58. The van der Waals surface area contributed by atoms with Crippen LogP contribution in [0, 0.1) is 17.3 Å². The van der Waals surface area contributed by atoms with Crippen molar-refractivity contribution in [1.29, 1.82) is 0 Å². The highest BCUT2D eigenvalue weighted by Crippen LogP contribution is 2.61. The zero-order chi connectivity index (χ0) is 19.3. The molecule has 0 unspecified atom stereocenters. The number of Topliss-reactive ketones (excluding diaryl/α,β-unsaturated/α-hetero) is 1. The van der Waals surface area contributed by atoms with Crippen molar-refractivity contribution in [2.45, 2.75) is 71.3 Å². The molecular formula is C23H30O4. The Morgan fingerprint density at radius 2 is 1.89 bits per heavy atom. The third-order valence-electron chi connectivity index (χ3n) is 7.65. The molecule has 0 N–H and O–H groups in total. The number of ketones is 1. The highest BCUT2D eigenvalue weighted by atomic mass is 16.5. The minimum absolute atomic E-state index is 0.0611. The summed E-state index contributed by atoms with van der Waals surface area (Å²) in [4.78, 5) is 23.7. The average Bonchev–Trinajstić information content (AvgIpc) is 2.96. The Bertz CT molecular complexity index is 783. The number of hydrogen-bond acceptors (Lipinski definition) is 4. The Hall–Kier alpha value is -1.84. The minimum atomic E-state index is -0.156. The van der Waals surface area contributed by atoms with Gasteiger partial charge < -0.3 is 9.47 Å². The van der Waals surface area contributed by atoms with Crippen LogP contribution in [0.15, 0.2) is 12.1 Å². The molecule has 5 atom stereocenters. The molecule has 3 aliphatic carbocycles. The monoisotopic (exact) mass is 370 g/mol. The van der Waals surface area contributed by atoms with E-state index >= 15 is 0 Å². The SMILES string of the molecule is COc1cc2c(cc1C(C)=O)[C@H]1CC[C@]3(C)[C@H](CC[C@H]3OC(C)=O)[C@H]1CC2. The second-order valence-corrected chi connectivity index (χ2v) is 8.94. The van der Waals surface area contributed by atoms with Crippen molar-refractivity contribution in [3.8, 4) is 5.75 Å². The molecule has 27 heavy (non-hydrogen) atoms. The first kappa shape index (κ1) is 18.5. The molecule has 1 aromatic rings. The lowest BCUT2D eigenvalue weighted by atomic mass is 9.55. The normalized spacial score (nSPS) is 34.2. The van der Waals surface area contributed by atoms with Crippen LogP contribution in [-0.2, 0) is 16.0 Å². The molecule has 2 fully saturated rings. The first-order chi connectivity index (χ1) is 12.8. The summed E-state index contributed by atoms with van der Waals surface area (Å²) in [5, 5.41) is 0. The number of carbonyl (C=O) groups is 2. The molecule has 3 aliphatic rings. The van der Waals surface area contributed by atoms with Crippen molar-refractivity contribution in [2.75, 3.05) is 7.11 Å². The predicted octanol–water partition coefficient (Wildman–Crippen LogP) is 4.69. The van der Waals surface area contributed by atoms with Crippen LogP contribution >= 0.6 is 0 Å². The molecule has 1 aromatic carbocycles. The maximum atomic E-state index is 12.1. The van der Waals surface area contributed by atoms with Crippen LogP contribution in [0.5, 0.6) is 5.75 Å². The molecule has 0 amide bonds. The van der Waals surface area contributed by atoms with Gasteiger partial charge in [0.25, 0.3) is 0 Å². The number of benzene rings is 1. The molecule has 0 aliphatic heterocycles. The molecule has 2 saturated carbocycles. The fourth-order valence-corrected chi connectivity index (χ4v) is 6.39. The number of rotatable bonds is 3. The molecule has 0 saturated heterocycles. The molecule has 4 rings (SSSR count). The quantitative estimate of drug-likeness (QED) is 0.572. The van der Waals surface area contributed by atoms with Gasteiger partial charge in [-0.25, -0.2) is 0 Å². The molecule has 0 heterocycles. The largest absolute Gasteiger partial charge is 0.496 e. The van der Waals surface area contributed by atoms with E-state index in [4.69, 9.17) is 9.47 Å². The van der Waals surface area contributed by atoms with Crippen LogP contribution in [0.1, 0.15) is 80.3 Å². The van der Waals surface area contributed by atoms with Crippen LogP contribution < -0.4 is 4.74 Å². The van der Waals surface area contributed by atoms with Crippen molar-refractivity contribution >= 4 is 11.8 Å². The summed E-state index contributed by atoms with van der Waals surface area (Å²) in [5.41, 5.74) is 3.50. The second kappa shape index (κ2) is 6.65. The summed E-state index contributed by atoms with van der Waals surface area (Å²) in [7, 11) is 1.64. The summed E-state index contributed by atoms with van der Waals surface area (Å²) in [6, 6.07) is 4.20. The van der Waals surface area contributed by atoms with E-state index in [1.165, 1.54) is 24.5 Å². The van der Waals surface area contributed by atoms with Crippen molar-refractivity contribution in [2.24, 2.45) is 17.3 Å². The zero-order valence-electron chi connectivity index (χ0n) is 16.8. The van der Waals surface area contributed by atoms with E-state index in [-0.39, 0.29) is 23.3 Å². The number of methoxy groups -OCH3 is 1. The van der Waals surface area contributed by atoms with Crippen LogP contribution in [0.3, 0.4) is 0 Å². The van der Waals surface area contributed by atoms with E-state index in [9.17, 15) is 9.59 Å². The van der Waals surface area contributed by atoms with Gasteiger partial charge in [0.15, 0.2) is 5.78 Å². The summed E-state index contributed by atoms with van der Waals surface area (Å²) >= 11 is 0.